The standard InChI is InChI=1S/C23H31N7O2/c24-13-16-14-29(15-16)19-3-1-17-2-4-20(12-18(17)11-19)30-8-5-21(27-23(30)32)26-22(31)28-9-6-25-7-10-28/h2,4-5,8,12,16,19,25H,1,3,6-7,9-11,13-15,24H2,(H,26,27,31,32). The first-order valence-electron chi connectivity index (χ1n) is 11.5. The number of benzene rings is 1. The third-order valence-electron chi connectivity index (χ3n) is 6.95. The smallest absolute Gasteiger partial charge is 0.330 e. The van der Waals surface area contributed by atoms with Gasteiger partial charge in [0.2, 0.25) is 0 Å². The van der Waals surface area contributed by atoms with Crippen LogP contribution in [0.5, 0.6) is 0 Å². The molecule has 2 fully saturated rings. The summed E-state index contributed by atoms with van der Waals surface area (Å²) in [4.78, 5) is 33.4. The molecule has 0 radical (unpaired) electrons. The van der Waals surface area contributed by atoms with Gasteiger partial charge in [-0.25, -0.2) is 9.59 Å². The molecule has 2 aromatic rings. The third kappa shape index (κ3) is 4.28. The van der Waals surface area contributed by atoms with Gasteiger partial charge in [-0.05, 0) is 61.1 Å². The van der Waals surface area contributed by atoms with Gasteiger partial charge in [-0.1, -0.05) is 6.07 Å². The maximum Gasteiger partial charge on any atom is 0.354 e. The van der Waals surface area contributed by atoms with Crippen molar-refractivity contribution >= 4 is 11.8 Å². The summed E-state index contributed by atoms with van der Waals surface area (Å²) in [5, 5.41) is 5.95. The Balaban J connectivity index is 1.29. The molecule has 0 saturated carbocycles. The minimum atomic E-state index is -0.399. The molecule has 3 aliphatic rings. The number of likely N-dealkylation sites (tertiary alicyclic amines) is 1. The van der Waals surface area contributed by atoms with Crippen LogP contribution in [0, 0.1) is 5.92 Å². The molecule has 1 atom stereocenters. The minimum Gasteiger partial charge on any atom is -0.330 e. The average molecular weight is 438 g/mol. The van der Waals surface area contributed by atoms with Gasteiger partial charge in [0.25, 0.3) is 0 Å². The number of nitrogens with zero attached hydrogens (tertiary/aromatic N) is 4. The van der Waals surface area contributed by atoms with E-state index in [-0.39, 0.29) is 11.8 Å². The molecule has 0 bridgehead atoms. The number of aryl methyl sites for hydroxylation is 1. The highest BCUT2D eigenvalue weighted by molar-refractivity contribution is 5.88. The Kier molecular flexibility index (Phi) is 5.95. The molecule has 9 nitrogen and oxygen atoms in total. The number of aromatic nitrogens is 2. The zero-order chi connectivity index (χ0) is 22.1. The van der Waals surface area contributed by atoms with Crippen molar-refractivity contribution in [2.75, 3.05) is 51.1 Å². The fourth-order valence-electron chi connectivity index (χ4n) is 4.97. The van der Waals surface area contributed by atoms with Crippen molar-refractivity contribution in [1.82, 2.24) is 24.7 Å². The SMILES string of the molecule is NCC1CN(C2CCc3ccc(-n4ccc(NC(=O)N5CCNCC5)nc4=O)cc3C2)C1. The Morgan fingerprint density at radius 1 is 1.19 bits per heavy atom. The number of amides is 2. The summed E-state index contributed by atoms with van der Waals surface area (Å²) in [6, 6.07) is 8.24. The van der Waals surface area contributed by atoms with Gasteiger partial charge in [-0.15, -0.1) is 0 Å². The molecular weight excluding hydrogens is 406 g/mol. The molecule has 1 aromatic heterocycles. The minimum absolute atomic E-state index is 0.223. The monoisotopic (exact) mass is 437 g/mol. The van der Waals surface area contributed by atoms with Crippen LogP contribution in [0.4, 0.5) is 10.6 Å². The van der Waals surface area contributed by atoms with Gasteiger partial charge in [0.05, 0.1) is 5.69 Å². The summed E-state index contributed by atoms with van der Waals surface area (Å²) in [5.41, 5.74) is 8.86. The topological polar surface area (TPSA) is 109 Å². The number of nitrogens with one attached hydrogen (secondary N) is 2. The van der Waals surface area contributed by atoms with Gasteiger partial charge in [-0.3, -0.25) is 14.8 Å². The van der Waals surface area contributed by atoms with Crippen molar-refractivity contribution in [2.45, 2.75) is 25.3 Å². The van der Waals surface area contributed by atoms with E-state index in [1.54, 1.807) is 21.7 Å². The average Bonchev–Trinajstić information content (AvgIpc) is 2.78. The molecule has 0 spiro atoms. The number of urea groups is 1. The lowest BCUT2D eigenvalue weighted by molar-refractivity contribution is 0.0504. The van der Waals surface area contributed by atoms with Crippen LogP contribution in [-0.2, 0) is 12.8 Å². The second-order valence-electron chi connectivity index (χ2n) is 9.04. The fourth-order valence-corrected chi connectivity index (χ4v) is 4.97. The number of hydrogen-bond donors (Lipinski definition) is 3. The molecule has 3 heterocycles. The van der Waals surface area contributed by atoms with E-state index in [0.29, 0.717) is 25.0 Å². The van der Waals surface area contributed by atoms with E-state index in [0.717, 1.165) is 51.3 Å². The first kappa shape index (κ1) is 21.1. The maximum absolute atomic E-state index is 12.7. The summed E-state index contributed by atoms with van der Waals surface area (Å²) in [6.07, 6.45) is 4.92. The van der Waals surface area contributed by atoms with E-state index < -0.39 is 5.69 Å². The first-order valence-corrected chi connectivity index (χ1v) is 11.5. The van der Waals surface area contributed by atoms with Crippen LogP contribution >= 0.6 is 0 Å². The number of nitrogens with two attached hydrogens (primary N) is 1. The van der Waals surface area contributed by atoms with Crippen LogP contribution < -0.4 is 22.1 Å². The van der Waals surface area contributed by atoms with Crippen LogP contribution in [0.3, 0.4) is 0 Å². The van der Waals surface area contributed by atoms with Crippen LogP contribution in [-0.4, -0.2) is 77.2 Å². The highest BCUT2D eigenvalue weighted by Gasteiger charge is 2.33. The lowest BCUT2D eigenvalue weighted by atomic mass is 9.84. The number of carbonyl (C=O) groups excluding carboxylic acids is 1. The molecule has 1 unspecified atom stereocenters. The van der Waals surface area contributed by atoms with Crippen LogP contribution in [0.1, 0.15) is 17.5 Å². The van der Waals surface area contributed by atoms with Gasteiger partial charge in [0.15, 0.2) is 0 Å². The Morgan fingerprint density at radius 3 is 2.75 bits per heavy atom. The number of anilines is 1. The number of fused-ring (bicyclic) bond motifs is 1. The van der Waals surface area contributed by atoms with Crippen molar-refractivity contribution in [3.05, 3.63) is 52.1 Å². The molecular formula is C23H31N7O2. The van der Waals surface area contributed by atoms with E-state index in [1.165, 1.54) is 17.5 Å². The van der Waals surface area contributed by atoms with E-state index >= 15 is 0 Å². The Bertz CT molecular complexity index is 1040. The molecule has 2 amide bonds. The molecule has 2 saturated heterocycles. The quantitative estimate of drug-likeness (QED) is 0.640. The van der Waals surface area contributed by atoms with Crippen molar-refractivity contribution in [2.24, 2.45) is 11.7 Å². The van der Waals surface area contributed by atoms with Crippen molar-refractivity contribution in [3.8, 4) is 5.69 Å². The Hall–Kier alpha value is -2.75. The van der Waals surface area contributed by atoms with E-state index in [9.17, 15) is 9.59 Å². The summed E-state index contributed by atoms with van der Waals surface area (Å²) < 4.78 is 1.54. The van der Waals surface area contributed by atoms with Gasteiger partial charge in [0, 0.05) is 51.5 Å². The molecule has 5 rings (SSSR count). The van der Waals surface area contributed by atoms with Crippen molar-refractivity contribution in [1.29, 1.82) is 0 Å². The lowest BCUT2D eigenvalue weighted by Gasteiger charge is -2.45. The summed E-state index contributed by atoms with van der Waals surface area (Å²) >= 11 is 0. The number of rotatable bonds is 4. The molecule has 4 N–H and O–H groups in total. The van der Waals surface area contributed by atoms with Gasteiger partial charge in [-0.2, -0.15) is 4.98 Å². The molecule has 1 aliphatic carbocycles. The zero-order valence-electron chi connectivity index (χ0n) is 18.3. The van der Waals surface area contributed by atoms with Crippen molar-refractivity contribution < 1.29 is 4.79 Å². The molecule has 32 heavy (non-hydrogen) atoms. The van der Waals surface area contributed by atoms with E-state index in [2.05, 4.69) is 32.7 Å². The number of hydrogen-bond acceptors (Lipinski definition) is 6. The summed E-state index contributed by atoms with van der Waals surface area (Å²) in [5.74, 6) is 0.915. The van der Waals surface area contributed by atoms with Gasteiger partial charge in [0.1, 0.15) is 5.82 Å². The zero-order valence-corrected chi connectivity index (χ0v) is 18.3. The Labute approximate surface area is 187 Å². The largest absolute Gasteiger partial charge is 0.354 e. The Morgan fingerprint density at radius 2 is 2.00 bits per heavy atom. The summed E-state index contributed by atoms with van der Waals surface area (Å²) in [6.45, 7) is 5.79. The number of piperazine rings is 1. The molecule has 1 aromatic carbocycles. The normalized spacial score (nSPS) is 21.7. The highest BCUT2D eigenvalue weighted by Crippen LogP contribution is 2.30. The van der Waals surface area contributed by atoms with Crippen LogP contribution in [0.15, 0.2) is 35.3 Å². The third-order valence-corrected chi connectivity index (χ3v) is 6.95. The van der Waals surface area contributed by atoms with E-state index in [1.807, 2.05) is 6.07 Å². The van der Waals surface area contributed by atoms with Gasteiger partial charge < -0.3 is 16.0 Å². The highest BCUT2D eigenvalue weighted by atomic mass is 16.2. The second-order valence-corrected chi connectivity index (χ2v) is 9.04. The molecule has 9 heteroatoms. The number of carbonyl (C=O) groups is 1. The van der Waals surface area contributed by atoms with Crippen LogP contribution in [0.2, 0.25) is 0 Å². The van der Waals surface area contributed by atoms with Gasteiger partial charge >= 0.3 is 11.7 Å². The second kappa shape index (κ2) is 9.01. The van der Waals surface area contributed by atoms with E-state index in [4.69, 9.17) is 5.73 Å². The molecule has 2 aliphatic heterocycles. The maximum atomic E-state index is 12.7. The predicted octanol–water partition coefficient (Wildman–Crippen LogP) is 0.417. The lowest BCUT2D eigenvalue weighted by Crippen LogP contribution is -2.55. The van der Waals surface area contributed by atoms with Crippen LogP contribution in [0.25, 0.3) is 5.69 Å². The molecule has 170 valence electrons. The van der Waals surface area contributed by atoms with Crippen molar-refractivity contribution in [3.63, 3.8) is 0 Å². The predicted molar refractivity (Wildman–Crippen MR) is 123 cm³/mol. The fraction of sp³-hybridized carbons (Fsp3) is 0.522. The first-order chi connectivity index (χ1) is 15.6. The summed E-state index contributed by atoms with van der Waals surface area (Å²) in [7, 11) is 0.